The van der Waals surface area contributed by atoms with Crippen molar-refractivity contribution in [2.45, 2.75) is 31.3 Å². The van der Waals surface area contributed by atoms with Gasteiger partial charge in [0.05, 0.1) is 6.07 Å². The van der Waals surface area contributed by atoms with Gasteiger partial charge in [0.15, 0.2) is 0 Å². The van der Waals surface area contributed by atoms with Crippen LogP contribution in [0.25, 0.3) is 0 Å². The van der Waals surface area contributed by atoms with E-state index in [4.69, 9.17) is 5.11 Å². The topological polar surface area (TPSA) is 56.0 Å². The second kappa shape index (κ2) is 7.12. The van der Waals surface area contributed by atoms with Crippen LogP contribution in [0.2, 0.25) is 0 Å². The molecule has 0 heterocycles. The molecule has 2 unspecified atom stereocenters. The van der Waals surface area contributed by atoms with Crippen molar-refractivity contribution in [2.24, 2.45) is 5.92 Å². The molecule has 2 atom stereocenters. The second-order valence-corrected chi connectivity index (χ2v) is 6.63. The molecule has 4 heteroatoms. The minimum atomic E-state index is -0.609. The summed E-state index contributed by atoms with van der Waals surface area (Å²) in [6.07, 6.45) is 2.32. The molecule has 108 valence electrons. The molecule has 0 spiro atoms. The fourth-order valence-electron chi connectivity index (χ4n) is 2.10. The molecule has 0 aliphatic heterocycles. The Kier molecular flexibility index (Phi) is 5.47. The number of aliphatic hydroxyl groups excluding tert-OH is 1. The average Bonchev–Trinajstić information content (AvgIpc) is 3.30. The number of thioether (sulfide) groups is 1. The van der Waals surface area contributed by atoms with Crippen molar-refractivity contribution < 1.29 is 5.11 Å². The first-order chi connectivity index (χ1) is 9.70. The molecule has 1 aromatic rings. The van der Waals surface area contributed by atoms with Crippen LogP contribution in [0.1, 0.15) is 25.3 Å². The Morgan fingerprint density at radius 3 is 2.70 bits per heavy atom. The highest BCUT2D eigenvalue weighted by atomic mass is 32.2. The molecule has 1 fully saturated rings. The molecule has 1 saturated carbocycles. The molecule has 0 saturated heterocycles. The number of nitrogens with zero attached hydrogens (tertiary/aromatic N) is 1. The van der Waals surface area contributed by atoms with E-state index in [1.165, 1.54) is 0 Å². The summed E-state index contributed by atoms with van der Waals surface area (Å²) in [6, 6.07) is 13.0. The van der Waals surface area contributed by atoms with Gasteiger partial charge in [0.1, 0.15) is 5.54 Å². The Bertz CT molecular complexity index is 455. The minimum Gasteiger partial charge on any atom is -0.396 e. The van der Waals surface area contributed by atoms with E-state index >= 15 is 0 Å². The van der Waals surface area contributed by atoms with E-state index in [1.54, 1.807) is 11.8 Å². The molecule has 0 radical (unpaired) electrons. The third-order valence-corrected chi connectivity index (χ3v) is 4.96. The number of nitriles is 1. The van der Waals surface area contributed by atoms with Gasteiger partial charge in [0.2, 0.25) is 0 Å². The van der Waals surface area contributed by atoms with E-state index in [2.05, 4.69) is 11.4 Å². The average molecular weight is 290 g/mol. The second-order valence-electron chi connectivity index (χ2n) is 5.60. The number of nitrogens with one attached hydrogen (secondary N) is 1. The lowest BCUT2D eigenvalue weighted by atomic mass is 9.93. The summed E-state index contributed by atoms with van der Waals surface area (Å²) in [6.45, 7) is 2.23. The van der Waals surface area contributed by atoms with E-state index in [0.29, 0.717) is 11.8 Å². The van der Waals surface area contributed by atoms with Crippen molar-refractivity contribution >= 4 is 11.8 Å². The van der Waals surface area contributed by atoms with Gasteiger partial charge in [0.25, 0.3) is 0 Å². The molecule has 1 aromatic carbocycles. The van der Waals surface area contributed by atoms with Gasteiger partial charge in [-0.15, -0.1) is 0 Å². The number of aliphatic hydroxyl groups is 1. The van der Waals surface area contributed by atoms with Crippen LogP contribution >= 0.6 is 11.8 Å². The summed E-state index contributed by atoms with van der Waals surface area (Å²) in [5.74, 6) is 1.86. The van der Waals surface area contributed by atoms with E-state index in [0.717, 1.165) is 24.2 Å². The molecule has 2 N–H and O–H groups in total. The van der Waals surface area contributed by atoms with Crippen LogP contribution in [0.4, 0.5) is 0 Å². The van der Waals surface area contributed by atoms with Gasteiger partial charge in [-0.3, -0.25) is 5.32 Å². The van der Waals surface area contributed by atoms with Crippen LogP contribution in [-0.2, 0) is 5.54 Å². The predicted molar refractivity (Wildman–Crippen MR) is 83.5 cm³/mol. The normalized spacial score (nSPS) is 19.1. The monoisotopic (exact) mass is 290 g/mol. The van der Waals surface area contributed by atoms with E-state index in [1.807, 2.05) is 37.3 Å². The van der Waals surface area contributed by atoms with Gasteiger partial charge < -0.3 is 5.11 Å². The third kappa shape index (κ3) is 3.99. The third-order valence-electron chi connectivity index (χ3n) is 3.52. The smallest absolute Gasteiger partial charge is 0.141 e. The molecule has 1 aliphatic rings. The Morgan fingerprint density at radius 1 is 1.45 bits per heavy atom. The summed E-state index contributed by atoms with van der Waals surface area (Å²) in [5, 5.41) is 22.4. The van der Waals surface area contributed by atoms with Gasteiger partial charge in [-0.25, -0.2) is 0 Å². The lowest BCUT2D eigenvalue weighted by Crippen LogP contribution is -2.45. The van der Waals surface area contributed by atoms with Crippen LogP contribution in [0.3, 0.4) is 0 Å². The molecule has 1 aliphatic carbocycles. The zero-order chi connectivity index (χ0) is 14.4. The Balaban J connectivity index is 2.09. The van der Waals surface area contributed by atoms with E-state index in [9.17, 15) is 5.26 Å². The van der Waals surface area contributed by atoms with Gasteiger partial charge >= 0.3 is 0 Å². The quantitative estimate of drug-likeness (QED) is 0.772. The van der Waals surface area contributed by atoms with Crippen LogP contribution < -0.4 is 5.32 Å². The predicted octanol–water partition coefficient (Wildman–Crippen LogP) is 2.52. The van der Waals surface area contributed by atoms with Gasteiger partial charge in [-0.2, -0.15) is 17.0 Å². The van der Waals surface area contributed by atoms with Crippen LogP contribution in [0.15, 0.2) is 30.3 Å². The molecule has 2 rings (SSSR count). The van der Waals surface area contributed by atoms with Gasteiger partial charge in [0, 0.05) is 18.4 Å². The summed E-state index contributed by atoms with van der Waals surface area (Å²) in [7, 11) is 0. The van der Waals surface area contributed by atoms with Crippen molar-refractivity contribution in [3.8, 4) is 6.07 Å². The van der Waals surface area contributed by atoms with E-state index in [-0.39, 0.29) is 12.5 Å². The lowest BCUT2D eigenvalue weighted by Gasteiger charge is -2.29. The maximum absolute atomic E-state index is 9.75. The number of hydrogen-bond donors (Lipinski definition) is 2. The maximum Gasteiger partial charge on any atom is 0.141 e. The zero-order valence-electron chi connectivity index (χ0n) is 11.9. The standard InChI is InChI=1S/C16H22N2OS/c1-13(9-19)10-20-12-16(11-17,18-15-7-8-15)14-5-3-2-4-6-14/h2-6,13,15,18-19H,7-10,12H2,1H3. The van der Waals surface area contributed by atoms with Crippen molar-refractivity contribution in [1.82, 2.24) is 5.32 Å². The molecule has 0 aromatic heterocycles. The summed E-state index contributed by atoms with van der Waals surface area (Å²) in [4.78, 5) is 0. The molecular formula is C16H22N2OS. The van der Waals surface area contributed by atoms with Crippen molar-refractivity contribution in [3.05, 3.63) is 35.9 Å². The zero-order valence-corrected chi connectivity index (χ0v) is 12.7. The minimum absolute atomic E-state index is 0.202. The fraction of sp³-hybridized carbons (Fsp3) is 0.562. The number of hydrogen-bond acceptors (Lipinski definition) is 4. The highest BCUT2D eigenvalue weighted by Gasteiger charge is 2.37. The SMILES string of the molecule is CC(CO)CSCC(C#N)(NC1CC1)c1ccccc1. The number of benzene rings is 1. The van der Waals surface area contributed by atoms with Crippen molar-refractivity contribution in [2.75, 3.05) is 18.1 Å². The molecule has 0 amide bonds. The number of rotatable bonds is 8. The van der Waals surface area contributed by atoms with Crippen LogP contribution in [0, 0.1) is 17.2 Å². The first-order valence-corrected chi connectivity index (χ1v) is 8.29. The molecule has 20 heavy (non-hydrogen) atoms. The fourth-order valence-corrected chi connectivity index (χ4v) is 3.35. The Morgan fingerprint density at radius 2 is 2.15 bits per heavy atom. The molecular weight excluding hydrogens is 268 g/mol. The first-order valence-electron chi connectivity index (χ1n) is 7.13. The van der Waals surface area contributed by atoms with Crippen LogP contribution in [0.5, 0.6) is 0 Å². The maximum atomic E-state index is 9.75. The van der Waals surface area contributed by atoms with Gasteiger partial charge in [-0.1, -0.05) is 37.3 Å². The Hall–Kier alpha value is -1.02. The summed E-state index contributed by atoms with van der Waals surface area (Å²) >= 11 is 1.74. The summed E-state index contributed by atoms with van der Waals surface area (Å²) < 4.78 is 0. The lowest BCUT2D eigenvalue weighted by molar-refractivity contribution is 0.250. The Labute approximate surface area is 125 Å². The van der Waals surface area contributed by atoms with Gasteiger partial charge in [-0.05, 0) is 30.1 Å². The van der Waals surface area contributed by atoms with E-state index < -0.39 is 5.54 Å². The van der Waals surface area contributed by atoms with Crippen molar-refractivity contribution in [1.29, 1.82) is 5.26 Å². The highest BCUT2D eigenvalue weighted by Crippen LogP contribution is 2.31. The largest absolute Gasteiger partial charge is 0.396 e. The first kappa shape index (κ1) is 15.4. The van der Waals surface area contributed by atoms with Crippen LogP contribution in [-0.4, -0.2) is 29.3 Å². The highest BCUT2D eigenvalue weighted by molar-refractivity contribution is 7.99. The molecule has 3 nitrogen and oxygen atoms in total. The summed E-state index contributed by atoms with van der Waals surface area (Å²) in [5.41, 5.74) is 0.431. The molecule has 0 bridgehead atoms. The van der Waals surface area contributed by atoms with Crippen molar-refractivity contribution in [3.63, 3.8) is 0 Å².